The van der Waals surface area contributed by atoms with Gasteiger partial charge in [-0.2, -0.15) is 24.9 Å². The molecule has 5 heteroatoms. The third-order valence-electron chi connectivity index (χ3n) is 3.71. The SMILES string of the molecule is O=C(CSC1CCCCC1)Cc1ccc(C(F)(F)F)cc1. The van der Waals surface area contributed by atoms with Gasteiger partial charge in [0.15, 0.2) is 0 Å². The maximum absolute atomic E-state index is 12.4. The average molecular weight is 316 g/mol. The van der Waals surface area contributed by atoms with Crippen molar-refractivity contribution in [3.05, 3.63) is 35.4 Å². The van der Waals surface area contributed by atoms with E-state index >= 15 is 0 Å². The minimum atomic E-state index is -4.32. The lowest BCUT2D eigenvalue weighted by atomic mass is 10.0. The number of rotatable bonds is 5. The van der Waals surface area contributed by atoms with Crippen LogP contribution in [0.3, 0.4) is 0 Å². The van der Waals surface area contributed by atoms with E-state index in [0.717, 1.165) is 12.1 Å². The number of ketones is 1. The molecule has 0 atom stereocenters. The fourth-order valence-electron chi connectivity index (χ4n) is 2.53. The maximum atomic E-state index is 12.4. The Hall–Kier alpha value is -0.970. The lowest BCUT2D eigenvalue weighted by Gasteiger charge is -2.20. The molecule has 0 radical (unpaired) electrons. The summed E-state index contributed by atoms with van der Waals surface area (Å²) in [5, 5.41) is 0.579. The Morgan fingerprint density at radius 1 is 1.10 bits per heavy atom. The minimum absolute atomic E-state index is 0.0883. The highest BCUT2D eigenvalue weighted by molar-refractivity contribution is 8.00. The van der Waals surface area contributed by atoms with Crippen LogP contribution in [0, 0.1) is 0 Å². The van der Waals surface area contributed by atoms with Crippen LogP contribution in [0.2, 0.25) is 0 Å². The van der Waals surface area contributed by atoms with Crippen LogP contribution in [0.1, 0.15) is 43.2 Å². The van der Waals surface area contributed by atoms with Crippen LogP contribution in [-0.2, 0) is 17.4 Å². The van der Waals surface area contributed by atoms with E-state index in [0.29, 0.717) is 16.6 Å². The number of alkyl halides is 3. The molecule has 0 aromatic heterocycles. The second-order valence-electron chi connectivity index (χ2n) is 5.48. The summed E-state index contributed by atoms with van der Waals surface area (Å²) < 4.78 is 37.3. The van der Waals surface area contributed by atoms with Gasteiger partial charge in [0.25, 0.3) is 0 Å². The molecule has 1 nitrogen and oxygen atoms in total. The molecule has 1 saturated carbocycles. The number of carbonyl (C=O) groups is 1. The topological polar surface area (TPSA) is 17.1 Å². The summed E-state index contributed by atoms with van der Waals surface area (Å²) in [6, 6.07) is 4.87. The highest BCUT2D eigenvalue weighted by Crippen LogP contribution is 2.30. The maximum Gasteiger partial charge on any atom is 0.416 e. The number of hydrogen-bond acceptors (Lipinski definition) is 2. The quantitative estimate of drug-likeness (QED) is 0.770. The first-order valence-electron chi connectivity index (χ1n) is 7.24. The predicted molar refractivity (Wildman–Crippen MR) is 79.5 cm³/mol. The second kappa shape index (κ2) is 7.34. The van der Waals surface area contributed by atoms with Gasteiger partial charge in [-0.25, -0.2) is 0 Å². The largest absolute Gasteiger partial charge is 0.416 e. The molecule has 2 rings (SSSR count). The van der Waals surface area contributed by atoms with E-state index < -0.39 is 11.7 Å². The molecule has 1 aromatic carbocycles. The summed E-state index contributed by atoms with van der Waals surface area (Å²) in [7, 11) is 0. The lowest BCUT2D eigenvalue weighted by Crippen LogP contribution is -2.13. The van der Waals surface area contributed by atoms with Crippen LogP contribution in [-0.4, -0.2) is 16.8 Å². The summed E-state index contributed by atoms with van der Waals surface area (Å²) in [5.41, 5.74) is -0.0208. The highest BCUT2D eigenvalue weighted by Gasteiger charge is 2.29. The van der Waals surface area contributed by atoms with Crippen LogP contribution < -0.4 is 0 Å². The summed E-state index contributed by atoms with van der Waals surface area (Å²) >= 11 is 1.70. The summed E-state index contributed by atoms with van der Waals surface area (Å²) in [6.07, 6.45) is 2.03. The van der Waals surface area contributed by atoms with E-state index in [1.54, 1.807) is 11.8 Å². The molecule has 0 heterocycles. The number of halogens is 3. The van der Waals surface area contributed by atoms with E-state index in [-0.39, 0.29) is 12.2 Å². The molecule has 0 spiro atoms. The first-order valence-corrected chi connectivity index (χ1v) is 8.29. The fourth-order valence-corrected chi connectivity index (χ4v) is 3.72. The van der Waals surface area contributed by atoms with Crippen molar-refractivity contribution in [1.82, 2.24) is 0 Å². The van der Waals surface area contributed by atoms with Gasteiger partial charge in [0.05, 0.1) is 11.3 Å². The van der Waals surface area contributed by atoms with Crippen LogP contribution >= 0.6 is 11.8 Å². The number of thioether (sulfide) groups is 1. The number of Topliss-reactive ketones (excluding diaryl/α,β-unsaturated/α-hetero) is 1. The van der Waals surface area contributed by atoms with Crippen molar-refractivity contribution in [1.29, 1.82) is 0 Å². The van der Waals surface area contributed by atoms with Gasteiger partial charge in [-0.3, -0.25) is 4.79 Å². The van der Waals surface area contributed by atoms with Crippen molar-refractivity contribution >= 4 is 17.5 Å². The third-order valence-corrected chi connectivity index (χ3v) is 5.15. The number of hydrogen-bond donors (Lipinski definition) is 0. The first-order chi connectivity index (χ1) is 9.95. The van der Waals surface area contributed by atoms with Gasteiger partial charge in [0.2, 0.25) is 0 Å². The van der Waals surface area contributed by atoms with Crippen molar-refractivity contribution in [3.63, 3.8) is 0 Å². The molecule has 1 fully saturated rings. The summed E-state index contributed by atoms with van der Waals surface area (Å²) in [5.74, 6) is 0.552. The molecule has 1 aliphatic carbocycles. The van der Waals surface area contributed by atoms with Crippen LogP contribution in [0.15, 0.2) is 24.3 Å². The van der Waals surface area contributed by atoms with Crippen LogP contribution in [0.25, 0.3) is 0 Å². The molecule has 0 amide bonds. The van der Waals surface area contributed by atoms with E-state index in [2.05, 4.69) is 0 Å². The van der Waals surface area contributed by atoms with E-state index in [9.17, 15) is 18.0 Å². The van der Waals surface area contributed by atoms with Crippen molar-refractivity contribution in [3.8, 4) is 0 Å². The third kappa shape index (κ3) is 5.38. The average Bonchev–Trinajstić information content (AvgIpc) is 2.46. The van der Waals surface area contributed by atoms with Gasteiger partial charge in [0, 0.05) is 11.7 Å². The Morgan fingerprint density at radius 2 is 1.71 bits per heavy atom. The zero-order chi connectivity index (χ0) is 15.3. The fraction of sp³-hybridized carbons (Fsp3) is 0.562. The van der Waals surface area contributed by atoms with Crippen molar-refractivity contribution in [2.24, 2.45) is 0 Å². The molecule has 116 valence electrons. The Morgan fingerprint density at radius 3 is 2.29 bits per heavy atom. The van der Waals surface area contributed by atoms with Gasteiger partial charge < -0.3 is 0 Å². The van der Waals surface area contributed by atoms with Crippen molar-refractivity contribution in [2.45, 2.75) is 50.0 Å². The standard InChI is InChI=1S/C16H19F3OS/c17-16(18,19)13-8-6-12(7-9-13)10-14(20)11-21-15-4-2-1-3-5-15/h6-9,15H,1-5,10-11H2. The molecule has 0 saturated heterocycles. The monoisotopic (exact) mass is 316 g/mol. The first kappa shape index (κ1) is 16.4. The van der Waals surface area contributed by atoms with E-state index in [1.165, 1.54) is 44.2 Å². The molecular weight excluding hydrogens is 297 g/mol. The molecule has 21 heavy (non-hydrogen) atoms. The van der Waals surface area contributed by atoms with Crippen molar-refractivity contribution in [2.75, 3.05) is 5.75 Å². The van der Waals surface area contributed by atoms with E-state index in [1.807, 2.05) is 0 Å². The normalized spacial score (nSPS) is 16.9. The van der Waals surface area contributed by atoms with E-state index in [4.69, 9.17) is 0 Å². The second-order valence-corrected chi connectivity index (χ2v) is 6.77. The molecule has 0 bridgehead atoms. The highest BCUT2D eigenvalue weighted by atomic mass is 32.2. The molecule has 1 aliphatic rings. The predicted octanol–water partition coefficient (Wildman–Crippen LogP) is 4.88. The molecule has 0 aliphatic heterocycles. The zero-order valence-electron chi connectivity index (χ0n) is 11.8. The Kier molecular flexibility index (Phi) is 5.73. The number of carbonyl (C=O) groups excluding carboxylic acids is 1. The van der Waals surface area contributed by atoms with Gasteiger partial charge in [-0.1, -0.05) is 31.4 Å². The van der Waals surface area contributed by atoms with Crippen LogP contribution in [0.4, 0.5) is 13.2 Å². The molecule has 1 aromatic rings. The van der Waals surface area contributed by atoms with Gasteiger partial charge >= 0.3 is 6.18 Å². The van der Waals surface area contributed by atoms with Gasteiger partial charge in [0.1, 0.15) is 5.78 Å². The van der Waals surface area contributed by atoms with Crippen LogP contribution in [0.5, 0.6) is 0 Å². The van der Waals surface area contributed by atoms with Crippen molar-refractivity contribution < 1.29 is 18.0 Å². The van der Waals surface area contributed by atoms with Gasteiger partial charge in [-0.05, 0) is 30.5 Å². The Balaban J connectivity index is 1.79. The minimum Gasteiger partial charge on any atom is -0.298 e. The van der Waals surface area contributed by atoms with Gasteiger partial charge in [-0.15, -0.1) is 0 Å². The molecular formula is C16H19F3OS. The smallest absolute Gasteiger partial charge is 0.298 e. The summed E-state index contributed by atoms with van der Waals surface area (Å²) in [6.45, 7) is 0. The Bertz CT molecular complexity index is 461. The molecule has 0 N–H and O–H groups in total. The molecule has 0 unspecified atom stereocenters. The Labute approximate surface area is 127 Å². The summed E-state index contributed by atoms with van der Waals surface area (Å²) in [4.78, 5) is 11.9. The number of benzene rings is 1. The lowest BCUT2D eigenvalue weighted by molar-refractivity contribution is -0.137. The zero-order valence-corrected chi connectivity index (χ0v) is 12.6.